The van der Waals surface area contributed by atoms with Gasteiger partial charge in [0.05, 0.1) is 10.7 Å². The normalized spacial score (nSPS) is 10.3. The largest absolute Gasteiger partial charge is 0.361 e. The van der Waals surface area contributed by atoms with E-state index in [-0.39, 0.29) is 5.43 Å². The molecule has 0 bridgehead atoms. The first-order valence-electron chi connectivity index (χ1n) is 4.63. The smallest absolute Gasteiger partial charge is 0.182 e. The molecular weight excluding hydrogens is 210 g/mol. The van der Waals surface area contributed by atoms with Gasteiger partial charge < -0.3 is 4.98 Å². The number of aromatic amines is 1. The number of pyridine rings is 1. The molecule has 15 heavy (non-hydrogen) atoms. The summed E-state index contributed by atoms with van der Waals surface area (Å²) in [4.78, 5) is 14.2. The number of halogens is 1. The maximum absolute atomic E-state index is 11.2. The Morgan fingerprint density at radius 2 is 2.07 bits per heavy atom. The van der Waals surface area contributed by atoms with E-state index in [9.17, 15) is 4.79 Å². The van der Waals surface area contributed by atoms with E-state index in [0.29, 0.717) is 5.02 Å². The molecule has 2 rings (SSSR count). The zero-order valence-electron chi connectivity index (χ0n) is 8.25. The third kappa shape index (κ3) is 1.95. The quantitative estimate of drug-likeness (QED) is 0.786. The third-order valence-corrected chi connectivity index (χ3v) is 2.76. The average Bonchev–Trinajstić information content (AvgIpc) is 2.22. The summed E-state index contributed by atoms with van der Waals surface area (Å²) in [6.07, 6.45) is 1.62. The van der Waals surface area contributed by atoms with E-state index in [1.165, 1.54) is 6.07 Å². The molecule has 0 amide bonds. The molecule has 3 heteroatoms. The van der Waals surface area contributed by atoms with Gasteiger partial charge in [0.2, 0.25) is 0 Å². The molecule has 0 aliphatic carbocycles. The Labute approximate surface area is 92.5 Å². The van der Waals surface area contributed by atoms with Gasteiger partial charge in [0.25, 0.3) is 0 Å². The maximum atomic E-state index is 11.2. The minimum atomic E-state index is -0.0266. The van der Waals surface area contributed by atoms with Crippen molar-refractivity contribution in [2.45, 2.75) is 6.92 Å². The summed E-state index contributed by atoms with van der Waals surface area (Å²) >= 11 is 6.16. The third-order valence-electron chi connectivity index (χ3n) is 2.26. The predicted molar refractivity (Wildman–Crippen MR) is 62.2 cm³/mol. The van der Waals surface area contributed by atoms with Crippen LogP contribution < -0.4 is 5.43 Å². The van der Waals surface area contributed by atoms with Crippen molar-refractivity contribution in [1.82, 2.24) is 4.98 Å². The van der Waals surface area contributed by atoms with Gasteiger partial charge in [0.1, 0.15) is 0 Å². The zero-order chi connectivity index (χ0) is 10.8. The molecule has 1 N–H and O–H groups in total. The van der Waals surface area contributed by atoms with Crippen LogP contribution in [-0.2, 0) is 0 Å². The molecule has 0 aliphatic rings. The Morgan fingerprint density at radius 1 is 1.27 bits per heavy atom. The van der Waals surface area contributed by atoms with Gasteiger partial charge in [0.15, 0.2) is 5.43 Å². The van der Waals surface area contributed by atoms with Gasteiger partial charge in [-0.15, -0.1) is 0 Å². The summed E-state index contributed by atoms with van der Waals surface area (Å²) in [5.74, 6) is 0. The van der Waals surface area contributed by atoms with Crippen LogP contribution >= 0.6 is 11.6 Å². The first-order chi connectivity index (χ1) is 7.18. The molecule has 0 saturated carbocycles. The Kier molecular flexibility index (Phi) is 2.60. The molecule has 0 spiro atoms. The molecule has 2 nitrogen and oxygen atoms in total. The topological polar surface area (TPSA) is 32.9 Å². The highest BCUT2D eigenvalue weighted by Crippen LogP contribution is 2.27. The van der Waals surface area contributed by atoms with Gasteiger partial charge in [-0.05, 0) is 12.5 Å². The average molecular weight is 220 g/mol. The second-order valence-electron chi connectivity index (χ2n) is 3.37. The van der Waals surface area contributed by atoms with Crippen molar-refractivity contribution in [3.8, 4) is 11.3 Å². The Bertz CT molecular complexity index is 545. The molecule has 0 radical (unpaired) electrons. The first kappa shape index (κ1) is 9.99. The van der Waals surface area contributed by atoms with E-state index in [1.807, 2.05) is 25.1 Å². The standard InChI is InChI=1S/C12H10ClNO/c1-8-3-2-4-10(12(8)13)11-7-9(15)5-6-14-11/h2-7H,1H3,(H,14,15). The number of aryl methyl sites for hydroxylation is 1. The minimum absolute atomic E-state index is 0.0266. The monoisotopic (exact) mass is 219 g/mol. The lowest BCUT2D eigenvalue weighted by atomic mass is 10.1. The fraction of sp³-hybridized carbons (Fsp3) is 0.0833. The van der Waals surface area contributed by atoms with E-state index in [2.05, 4.69) is 4.98 Å². The minimum Gasteiger partial charge on any atom is -0.361 e. The van der Waals surface area contributed by atoms with Gasteiger partial charge in [-0.3, -0.25) is 4.79 Å². The Morgan fingerprint density at radius 3 is 2.80 bits per heavy atom. The first-order valence-corrected chi connectivity index (χ1v) is 5.00. The van der Waals surface area contributed by atoms with Gasteiger partial charge >= 0.3 is 0 Å². The number of aromatic nitrogens is 1. The van der Waals surface area contributed by atoms with E-state index in [1.54, 1.807) is 12.3 Å². The molecule has 0 atom stereocenters. The summed E-state index contributed by atoms with van der Waals surface area (Å²) < 4.78 is 0. The van der Waals surface area contributed by atoms with Crippen LogP contribution in [0.2, 0.25) is 5.02 Å². The fourth-order valence-corrected chi connectivity index (χ4v) is 1.68. The second kappa shape index (κ2) is 3.91. The Balaban J connectivity index is 2.64. The molecule has 76 valence electrons. The lowest BCUT2D eigenvalue weighted by Crippen LogP contribution is -1.98. The van der Waals surface area contributed by atoms with E-state index < -0.39 is 0 Å². The molecule has 0 fully saturated rings. The second-order valence-corrected chi connectivity index (χ2v) is 3.75. The summed E-state index contributed by atoms with van der Waals surface area (Å²) in [6, 6.07) is 8.77. The van der Waals surface area contributed by atoms with E-state index >= 15 is 0 Å². The highest BCUT2D eigenvalue weighted by molar-refractivity contribution is 6.34. The van der Waals surface area contributed by atoms with Crippen molar-refractivity contribution in [2.75, 3.05) is 0 Å². The molecule has 0 unspecified atom stereocenters. The lowest BCUT2D eigenvalue weighted by molar-refractivity contribution is 1.30. The van der Waals surface area contributed by atoms with Crippen LogP contribution in [-0.4, -0.2) is 4.98 Å². The van der Waals surface area contributed by atoms with Gasteiger partial charge in [-0.25, -0.2) is 0 Å². The highest BCUT2D eigenvalue weighted by atomic mass is 35.5. The molecule has 2 aromatic rings. The van der Waals surface area contributed by atoms with Crippen LogP contribution in [0.4, 0.5) is 0 Å². The highest BCUT2D eigenvalue weighted by Gasteiger charge is 2.05. The van der Waals surface area contributed by atoms with Crippen molar-refractivity contribution in [1.29, 1.82) is 0 Å². The number of nitrogens with one attached hydrogen (secondary N) is 1. The summed E-state index contributed by atoms with van der Waals surface area (Å²) in [7, 11) is 0. The molecule has 0 aliphatic heterocycles. The van der Waals surface area contributed by atoms with Crippen molar-refractivity contribution < 1.29 is 0 Å². The van der Waals surface area contributed by atoms with Gasteiger partial charge in [-0.2, -0.15) is 0 Å². The van der Waals surface area contributed by atoms with Crippen molar-refractivity contribution >= 4 is 11.6 Å². The molecule has 0 saturated heterocycles. The van der Waals surface area contributed by atoms with Crippen LogP contribution in [0.5, 0.6) is 0 Å². The number of hydrogen-bond acceptors (Lipinski definition) is 1. The fourth-order valence-electron chi connectivity index (χ4n) is 1.46. The van der Waals surface area contributed by atoms with E-state index in [4.69, 9.17) is 11.6 Å². The van der Waals surface area contributed by atoms with Crippen LogP contribution in [0, 0.1) is 6.92 Å². The molecule has 1 heterocycles. The zero-order valence-corrected chi connectivity index (χ0v) is 9.01. The van der Waals surface area contributed by atoms with Gasteiger partial charge in [-0.1, -0.05) is 29.8 Å². The lowest BCUT2D eigenvalue weighted by Gasteiger charge is -2.05. The van der Waals surface area contributed by atoms with Gasteiger partial charge in [0, 0.05) is 23.9 Å². The van der Waals surface area contributed by atoms with E-state index in [0.717, 1.165) is 16.8 Å². The number of hydrogen-bond donors (Lipinski definition) is 1. The molecule has 1 aromatic carbocycles. The SMILES string of the molecule is Cc1cccc(-c2cc(=O)cc[nH]2)c1Cl. The van der Waals surface area contributed by atoms with Crippen LogP contribution in [0.3, 0.4) is 0 Å². The van der Waals surface area contributed by atoms with Crippen LogP contribution in [0.15, 0.2) is 41.3 Å². The van der Waals surface area contributed by atoms with Crippen molar-refractivity contribution in [3.05, 3.63) is 57.3 Å². The maximum Gasteiger partial charge on any atom is 0.182 e. The molecular formula is C12H10ClNO. The summed E-state index contributed by atoms with van der Waals surface area (Å²) in [5, 5.41) is 0.680. The number of benzene rings is 1. The van der Waals surface area contributed by atoms with Crippen LogP contribution in [0.1, 0.15) is 5.56 Å². The van der Waals surface area contributed by atoms with Crippen LogP contribution in [0.25, 0.3) is 11.3 Å². The Hall–Kier alpha value is -1.54. The molecule has 1 aromatic heterocycles. The summed E-state index contributed by atoms with van der Waals surface area (Å²) in [5.41, 5.74) is 2.57. The van der Waals surface area contributed by atoms with Crippen molar-refractivity contribution in [2.24, 2.45) is 0 Å². The predicted octanol–water partition coefficient (Wildman–Crippen LogP) is 3.00. The van der Waals surface area contributed by atoms with Crippen molar-refractivity contribution in [3.63, 3.8) is 0 Å². The summed E-state index contributed by atoms with van der Waals surface area (Å²) in [6.45, 7) is 1.94. The number of rotatable bonds is 1. The number of H-pyrrole nitrogens is 1.